The van der Waals surface area contributed by atoms with Crippen molar-refractivity contribution in [2.75, 3.05) is 39.5 Å². The van der Waals surface area contributed by atoms with Crippen molar-refractivity contribution in [1.29, 1.82) is 0 Å². The first-order chi connectivity index (χ1) is 16.8. The lowest BCUT2D eigenvalue weighted by atomic mass is 10.1. The fourth-order valence-electron chi connectivity index (χ4n) is 3.28. The first kappa shape index (κ1) is 31.7. The van der Waals surface area contributed by atoms with Crippen molar-refractivity contribution < 1.29 is 33.4 Å². The number of carbonyl (C=O) groups excluding carboxylic acids is 4. The fourth-order valence-corrected chi connectivity index (χ4v) is 3.58. The number of urea groups is 2. The van der Waals surface area contributed by atoms with E-state index < -0.39 is 24.0 Å². The van der Waals surface area contributed by atoms with Crippen molar-refractivity contribution in [1.82, 2.24) is 14.7 Å². The Hall–Kier alpha value is -2.34. The third kappa shape index (κ3) is 11.2. The van der Waals surface area contributed by atoms with Gasteiger partial charge in [0.1, 0.15) is 25.6 Å². The molecular weight excluding hydrogens is 506 g/mol. The van der Waals surface area contributed by atoms with Crippen LogP contribution in [-0.2, 0) is 23.8 Å². The van der Waals surface area contributed by atoms with Crippen LogP contribution in [0.15, 0.2) is 24.7 Å². The number of ether oxygens (including phenoxy) is 3. The molecule has 0 aromatic carbocycles. The molecule has 12 heteroatoms. The van der Waals surface area contributed by atoms with Crippen molar-refractivity contribution in [3.8, 4) is 0 Å². The summed E-state index contributed by atoms with van der Waals surface area (Å²) in [5.74, 6) is 0.130. The Morgan fingerprint density at radius 2 is 1.14 bits per heavy atom. The molecule has 0 N–H and O–H groups in total. The maximum Gasteiger partial charge on any atom is 0.333 e. The molecule has 0 spiro atoms. The van der Waals surface area contributed by atoms with Gasteiger partial charge in [-0.1, -0.05) is 40.9 Å². The van der Waals surface area contributed by atoms with Gasteiger partial charge in [-0.25, -0.2) is 14.5 Å². The number of rotatable bonds is 16. The second kappa shape index (κ2) is 15.7. The minimum absolute atomic E-state index is 0.0114. The van der Waals surface area contributed by atoms with Crippen molar-refractivity contribution in [2.24, 2.45) is 5.92 Å². The van der Waals surface area contributed by atoms with Crippen molar-refractivity contribution >= 4 is 49.3 Å². The highest BCUT2D eigenvalue weighted by Gasteiger charge is 2.40. The summed E-state index contributed by atoms with van der Waals surface area (Å²) in [5, 5.41) is -0.322. The molecule has 0 bridgehead atoms. The van der Waals surface area contributed by atoms with E-state index in [1.807, 2.05) is 13.8 Å². The molecule has 0 aromatic rings. The molecule has 2 unspecified atom stereocenters. The lowest BCUT2D eigenvalue weighted by Crippen LogP contribution is -2.60. The normalized spacial score (nSPS) is 15.8. The smallest absolute Gasteiger partial charge is 0.333 e. The largest absolute Gasteiger partial charge is 0.497 e. The van der Waals surface area contributed by atoms with E-state index in [1.165, 1.54) is 9.80 Å². The van der Waals surface area contributed by atoms with Gasteiger partial charge in [-0.15, -0.1) is 0 Å². The van der Waals surface area contributed by atoms with Gasteiger partial charge in [-0.05, 0) is 5.92 Å². The van der Waals surface area contributed by atoms with Gasteiger partial charge in [0.25, 0.3) is 0 Å². The van der Waals surface area contributed by atoms with E-state index in [-0.39, 0.29) is 68.6 Å². The molecule has 0 aromatic heterocycles. The molecule has 1 fully saturated rings. The third-order valence-electron chi connectivity index (χ3n) is 4.88. The SMILES string of the molecule is C=C(CC(C)C)OCCN1C(=O)N(CCOC(=O)CC(C)S)C(=C)N(CCOC(=O)CC(C)S)C1=O. The van der Waals surface area contributed by atoms with Gasteiger partial charge in [0.15, 0.2) is 0 Å². The van der Waals surface area contributed by atoms with Crippen LogP contribution in [0.3, 0.4) is 0 Å². The number of esters is 2. The third-order valence-corrected chi connectivity index (χ3v) is 5.25. The van der Waals surface area contributed by atoms with E-state index in [2.05, 4.69) is 38.4 Å². The maximum atomic E-state index is 13.1. The van der Waals surface area contributed by atoms with Crippen LogP contribution in [-0.4, -0.2) is 88.7 Å². The summed E-state index contributed by atoms with van der Waals surface area (Å²) in [6.45, 7) is 15.2. The average molecular weight is 546 g/mol. The predicted molar refractivity (Wildman–Crippen MR) is 143 cm³/mol. The van der Waals surface area contributed by atoms with Gasteiger partial charge >= 0.3 is 24.0 Å². The van der Waals surface area contributed by atoms with Gasteiger partial charge in [-0.3, -0.25) is 19.4 Å². The number of amides is 4. The number of imide groups is 1. The van der Waals surface area contributed by atoms with Crippen LogP contribution >= 0.6 is 25.3 Å². The number of allylic oxidation sites excluding steroid dienone is 1. The Kier molecular flexibility index (Phi) is 13.8. The molecule has 10 nitrogen and oxygen atoms in total. The van der Waals surface area contributed by atoms with Crippen molar-refractivity contribution in [3.63, 3.8) is 0 Å². The molecule has 2 atom stereocenters. The van der Waals surface area contributed by atoms with E-state index in [0.29, 0.717) is 18.1 Å². The zero-order valence-electron chi connectivity index (χ0n) is 21.6. The molecule has 1 rings (SSSR count). The molecule has 1 aliphatic heterocycles. The van der Waals surface area contributed by atoms with Crippen molar-refractivity contribution in [3.05, 3.63) is 24.7 Å². The zero-order valence-corrected chi connectivity index (χ0v) is 23.4. The Balaban J connectivity index is 2.87. The Bertz CT molecular complexity index is 695. The van der Waals surface area contributed by atoms with Crippen LogP contribution in [0, 0.1) is 5.92 Å². The van der Waals surface area contributed by atoms with E-state index in [4.69, 9.17) is 14.2 Å². The molecule has 4 amide bonds. The van der Waals surface area contributed by atoms with E-state index in [0.717, 1.165) is 4.90 Å². The fraction of sp³-hybridized carbons (Fsp3) is 0.667. The van der Waals surface area contributed by atoms with Crippen molar-refractivity contribution in [2.45, 2.75) is 57.5 Å². The highest BCUT2D eigenvalue weighted by molar-refractivity contribution is 7.81. The Morgan fingerprint density at radius 1 is 0.750 bits per heavy atom. The molecule has 36 heavy (non-hydrogen) atoms. The Labute approximate surface area is 224 Å². The van der Waals surface area contributed by atoms with Crippen LogP contribution in [0.5, 0.6) is 0 Å². The predicted octanol–water partition coefficient (Wildman–Crippen LogP) is 3.70. The second-order valence-corrected chi connectivity index (χ2v) is 10.7. The summed E-state index contributed by atoms with van der Waals surface area (Å²) in [5.41, 5.74) is 0. The molecule has 1 heterocycles. The number of thiol groups is 2. The molecule has 0 radical (unpaired) electrons. The topological polar surface area (TPSA) is 106 Å². The van der Waals surface area contributed by atoms with Crippen LogP contribution in [0.2, 0.25) is 0 Å². The highest BCUT2D eigenvalue weighted by Crippen LogP contribution is 2.21. The highest BCUT2D eigenvalue weighted by atomic mass is 32.1. The molecule has 1 saturated heterocycles. The number of hydrogen-bond acceptors (Lipinski definition) is 9. The summed E-state index contributed by atoms with van der Waals surface area (Å²) in [7, 11) is 0. The van der Waals surface area contributed by atoms with Crippen LogP contribution in [0.25, 0.3) is 0 Å². The van der Waals surface area contributed by atoms with Gasteiger partial charge in [-0.2, -0.15) is 25.3 Å². The minimum Gasteiger partial charge on any atom is -0.497 e. The molecule has 1 aliphatic rings. The second-order valence-electron chi connectivity index (χ2n) is 8.97. The molecule has 204 valence electrons. The number of carbonyl (C=O) groups is 4. The van der Waals surface area contributed by atoms with Crippen LogP contribution < -0.4 is 0 Å². The molecule has 0 saturated carbocycles. The zero-order chi connectivity index (χ0) is 27.4. The first-order valence-electron chi connectivity index (χ1n) is 11.9. The summed E-state index contributed by atoms with van der Waals surface area (Å²) >= 11 is 8.33. The lowest BCUT2D eigenvalue weighted by molar-refractivity contribution is -0.144. The van der Waals surface area contributed by atoms with Gasteiger partial charge in [0.05, 0.1) is 38.2 Å². The summed E-state index contributed by atoms with van der Waals surface area (Å²) in [6.07, 6.45) is 0.911. The molecular formula is C24H39N3O7S2. The molecule has 0 aliphatic carbocycles. The summed E-state index contributed by atoms with van der Waals surface area (Å²) < 4.78 is 16.0. The van der Waals surface area contributed by atoms with Gasteiger partial charge in [0, 0.05) is 16.9 Å². The van der Waals surface area contributed by atoms with E-state index >= 15 is 0 Å². The van der Waals surface area contributed by atoms with E-state index in [9.17, 15) is 19.2 Å². The number of hydrogen-bond donors (Lipinski definition) is 2. The summed E-state index contributed by atoms with van der Waals surface area (Å²) in [4.78, 5) is 53.5. The van der Waals surface area contributed by atoms with Crippen LogP contribution in [0.4, 0.5) is 9.59 Å². The van der Waals surface area contributed by atoms with Gasteiger partial charge < -0.3 is 14.2 Å². The average Bonchev–Trinajstić information content (AvgIpc) is 2.73. The van der Waals surface area contributed by atoms with E-state index in [1.54, 1.807) is 13.8 Å². The lowest BCUT2D eigenvalue weighted by Gasteiger charge is -2.42. The summed E-state index contributed by atoms with van der Waals surface area (Å²) in [6, 6.07) is -1.22. The maximum absolute atomic E-state index is 13.1. The Morgan fingerprint density at radius 3 is 1.53 bits per heavy atom. The first-order valence-corrected chi connectivity index (χ1v) is 12.9. The monoisotopic (exact) mass is 545 g/mol. The quantitative estimate of drug-likeness (QED) is 0.173. The minimum atomic E-state index is -0.612. The standard InChI is InChI=1S/C24H39N3O7S2/c1-16(2)13-17(3)32-10-9-27-23(30)25(7-11-33-21(28)14-18(4)35)20(6)26(24(27)31)8-12-34-22(29)15-19(5)36/h16,18-19,35-36H,3,6-15H2,1-2,4-5H3. The van der Waals surface area contributed by atoms with Gasteiger partial charge in [0.2, 0.25) is 0 Å². The van der Waals surface area contributed by atoms with Crippen LogP contribution in [0.1, 0.15) is 47.0 Å². The number of nitrogens with zero attached hydrogens (tertiary/aromatic N) is 3.